The van der Waals surface area contributed by atoms with Crippen LogP contribution in [0.3, 0.4) is 0 Å². The molecule has 0 aliphatic heterocycles. The van der Waals surface area contributed by atoms with Crippen LogP contribution in [0.2, 0.25) is 0 Å². The van der Waals surface area contributed by atoms with E-state index in [0.29, 0.717) is 0 Å². The number of sulfonamides is 1. The van der Waals surface area contributed by atoms with Crippen LogP contribution in [0.25, 0.3) is 0 Å². The fourth-order valence-electron chi connectivity index (χ4n) is 0.984. The minimum Gasteiger partial charge on any atom is -0.368 e. The first kappa shape index (κ1) is 14.0. The molecule has 0 saturated heterocycles. The van der Waals surface area contributed by atoms with Crippen molar-refractivity contribution in [1.82, 2.24) is 4.89 Å². The molecule has 18 heavy (non-hydrogen) atoms. The molecular weight excluding hydrogens is 265 g/mol. The predicted octanol–water partition coefficient (Wildman–Crippen LogP) is -0.607. The van der Waals surface area contributed by atoms with Crippen molar-refractivity contribution in [1.29, 1.82) is 5.26 Å². The molecule has 3 N–H and O–H groups in total. The molecule has 9 heteroatoms. The summed E-state index contributed by atoms with van der Waals surface area (Å²) in [5.74, 6) is -1.70. The summed E-state index contributed by atoms with van der Waals surface area (Å²) in [7, 11) is -4.10. The molecule has 1 amide bonds. The highest BCUT2D eigenvalue weighted by Crippen LogP contribution is 2.14. The Morgan fingerprint density at radius 2 is 2.22 bits per heavy atom. The number of rotatable bonds is 5. The van der Waals surface area contributed by atoms with Crippen molar-refractivity contribution in [3.63, 3.8) is 0 Å². The summed E-state index contributed by atoms with van der Waals surface area (Å²) in [6.07, 6.45) is 0. The number of halogens is 1. The van der Waals surface area contributed by atoms with E-state index in [1.807, 2.05) is 0 Å². The largest absolute Gasteiger partial charge is 0.368 e. The van der Waals surface area contributed by atoms with Gasteiger partial charge in [-0.05, 0) is 18.2 Å². The minimum atomic E-state index is -4.10. The van der Waals surface area contributed by atoms with E-state index in [-0.39, 0.29) is 4.90 Å². The molecule has 0 aliphatic rings. The SMILES string of the molecule is N#Cc1cc(S(=O)(=O)NOCC(N)=O)ccc1F. The number of carbonyl (C=O) groups excluding carboxylic acids is 1. The third-order valence-electron chi connectivity index (χ3n) is 1.75. The molecule has 1 aromatic carbocycles. The van der Waals surface area contributed by atoms with E-state index < -0.39 is 33.9 Å². The molecule has 1 aromatic rings. The van der Waals surface area contributed by atoms with Gasteiger partial charge in [-0.3, -0.25) is 9.63 Å². The number of hydrogen-bond donors (Lipinski definition) is 2. The second kappa shape index (κ2) is 5.54. The molecule has 7 nitrogen and oxygen atoms in total. The monoisotopic (exact) mass is 273 g/mol. The minimum absolute atomic E-state index is 0.370. The van der Waals surface area contributed by atoms with Crippen molar-refractivity contribution in [3.8, 4) is 6.07 Å². The Balaban J connectivity index is 2.92. The lowest BCUT2D eigenvalue weighted by Crippen LogP contribution is -2.29. The quantitative estimate of drug-likeness (QED) is 0.693. The zero-order chi connectivity index (χ0) is 13.8. The van der Waals surface area contributed by atoms with Crippen LogP contribution in [-0.4, -0.2) is 20.9 Å². The zero-order valence-corrected chi connectivity index (χ0v) is 9.70. The number of benzene rings is 1. The van der Waals surface area contributed by atoms with Crippen LogP contribution in [0.15, 0.2) is 23.1 Å². The van der Waals surface area contributed by atoms with Crippen molar-refractivity contribution >= 4 is 15.9 Å². The molecule has 0 aromatic heterocycles. The van der Waals surface area contributed by atoms with Gasteiger partial charge in [-0.15, -0.1) is 0 Å². The van der Waals surface area contributed by atoms with E-state index in [0.717, 1.165) is 18.2 Å². The van der Waals surface area contributed by atoms with Gasteiger partial charge >= 0.3 is 0 Å². The second-order valence-corrected chi connectivity index (χ2v) is 4.74. The Bertz CT molecular complexity index is 609. The summed E-state index contributed by atoms with van der Waals surface area (Å²) < 4.78 is 36.1. The molecule has 0 fully saturated rings. The van der Waals surface area contributed by atoms with E-state index in [9.17, 15) is 17.6 Å². The fraction of sp³-hybridized carbons (Fsp3) is 0.111. The highest BCUT2D eigenvalue weighted by molar-refractivity contribution is 7.89. The summed E-state index contributed by atoms with van der Waals surface area (Å²) in [4.78, 5) is 15.9. The Morgan fingerprint density at radius 3 is 2.78 bits per heavy atom. The van der Waals surface area contributed by atoms with Crippen LogP contribution in [0.4, 0.5) is 4.39 Å². The number of nitrogens with two attached hydrogens (primary N) is 1. The molecule has 96 valence electrons. The molecule has 0 saturated carbocycles. The van der Waals surface area contributed by atoms with Crippen molar-refractivity contribution in [2.45, 2.75) is 4.90 Å². The van der Waals surface area contributed by atoms with Crippen molar-refractivity contribution in [2.75, 3.05) is 6.61 Å². The van der Waals surface area contributed by atoms with Crippen LogP contribution in [-0.2, 0) is 19.7 Å². The van der Waals surface area contributed by atoms with Gasteiger partial charge < -0.3 is 5.73 Å². The van der Waals surface area contributed by atoms with Crippen LogP contribution >= 0.6 is 0 Å². The highest BCUT2D eigenvalue weighted by atomic mass is 32.2. The molecule has 0 spiro atoms. The van der Waals surface area contributed by atoms with E-state index >= 15 is 0 Å². The predicted molar refractivity (Wildman–Crippen MR) is 56.6 cm³/mol. The lowest BCUT2D eigenvalue weighted by atomic mass is 10.2. The summed E-state index contributed by atoms with van der Waals surface area (Å²) in [6, 6.07) is 4.12. The molecule has 0 unspecified atom stereocenters. The van der Waals surface area contributed by atoms with E-state index in [2.05, 4.69) is 4.84 Å². The van der Waals surface area contributed by atoms with Gasteiger partial charge in [-0.2, -0.15) is 5.26 Å². The molecule has 0 atom stereocenters. The first-order valence-corrected chi connectivity index (χ1v) is 5.96. The number of primary amides is 1. The van der Waals surface area contributed by atoms with Gasteiger partial charge in [0.1, 0.15) is 18.5 Å². The molecule has 0 bridgehead atoms. The molecule has 0 aliphatic carbocycles. The number of amides is 1. The summed E-state index contributed by atoms with van der Waals surface area (Å²) >= 11 is 0. The Kier molecular flexibility index (Phi) is 4.33. The first-order chi connectivity index (χ1) is 8.36. The van der Waals surface area contributed by atoms with Gasteiger partial charge in [-0.1, -0.05) is 4.89 Å². The maximum absolute atomic E-state index is 13.0. The number of carbonyl (C=O) groups is 1. The third-order valence-corrected chi connectivity index (χ3v) is 2.96. The normalized spacial score (nSPS) is 10.9. The summed E-state index contributed by atoms with van der Waals surface area (Å²) in [6.45, 7) is -0.647. The lowest BCUT2D eigenvalue weighted by molar-refractivity contribution is -0.123. The third kappa shape index (κ3) is 3.49. The summed E-state index contributed by atoms with van der Waals surface area (Å²) in [5.41, 5.74) is 4.31. The Morgan fingerprint density at radius 1 is 1.56 bits per heavy atom. The van der Waals surface area contributed by atoms with Crippen LogP contribution < -0.4 is 10.6 Å². The van der Waals surface area contributed by atoms with Gasteiger partial charge in [0.05, 0.1) is 10.5 Å². The van der Waals surface area contributed by atoms with E-state index in [1.54, 1.807) is 4.89 Å². The average Bonchev–Trinajstić information content (AvgIpc) is 2.28. The van der Waals surface area contributed by atoms with Gasteiger partial charge in [0.25, 0.3) is 10.0 Å². The Labute approximate surface area is 102 Å². The zero-order valence-electron chi connectivity index (χ0n) is 8.88. The van der Waals surface area contributed by atoms with Crippen molar-refractivity contribution < 1.29 is 22.4 Å². The maximum atomic E-state index is 13.0. The van der Waals surface area contributed by atoms with Crippen molar-refractivity contribution in [3.05, 3.63) is 29.6 Å². The average molecular weight is 273 g/mol. The van der Waals surface area contributed by atoms with Crippen LogP contribution in [0.1, 0.15) is 5.56 Å². The molecule has 0 radical (unpaired) electrons. The van der Waals surface area contributed by atoms with Crippen molar-refractivity contribution in [2.24, 2.45) is 5.73 Å². The van der Waals surface area contributed by atoms with E-state index in [1.165, 1.54) is 6.07 Å². The maximum Gasteiger partial charge on any atom is 0.262 e. The lowest BCUT2D eigenvalue weighted by Gasteiger charge is -2.06. The van der Waals surface area contributed by atoms with Crippen LogP contribution in [0.5, 0.6) is 0 Å². The second-order valence-electron chi connectivity index (χ2n) is 3.10. The van der Waals surface area contributed by atoms with E-state index in [4.69, 9.17) is 11.0 Å². The highest BCUT2D eigenvalue weighted by Gasteiger charge is 2.16. The Hall–Kier alpha value is -2.02. The smallest absolute Gasteiger partial charge is 0.262 e. The number of nitriles is 1. The van der Waals surface area contributed by atoms with Gasteiger partial charge in [0, 0.05) is 0 Å². The topological polar surface area (TPSA) is 122 Å². The standard InChI is InChI=1S/C9H8FN3O4S/c10-8-2-1-7(3-6(8)4-11)18(15,16)13-17-5-9(12)14/h1-3,13H,5H2,(H2,12,14). The van der Waals surface area contributed by atoms with Gasteiger partial charge in [0.2, 0.25) is 5.91 Å². The molecular formula is C9H8FN3O4S. The van der Waals surface area contributed by atoms with Gasteiger partial charge in [-0.25, -0.2) is 12.8 Å². The number of hydrogen-bond acceptors (Lipinski definition) is 5. The fourth-order valence-corrected chi connectivity index (χ4v) is 1.81. The number of nitrogens with one attached hydrogen (secondary N) is 1. The van der Waals surface area contributed by atoms with Gasteiger partial charge in [0.15, 0.2) is 0 Å². The van der Waals surface area contributed by atoms with Crippen LogP contribution in [0, 0.1) is 17.1 Å². The number of nitrogens with zero attached hydrogens (tertiary/aromatic N) is 1. The summed E-state index contributed by atoms with van der Waals surface area (Å²) in [5, 5.41) is 8.56. The first-order valence-electron chi connectivity index (χ1n) is 4.48. The molecule has 0 heterocycles. The molecule has 1 rings (SSSR count).